The first-order valence-corrected chi connectivity index (χ1v) is 51.3. The summed E-state index contributed by atoms with van der Waals surface area (Å²) in [5.41, 5.74) is 12.2. The first-order valence-electron chi connectivity index (χ1n) is 37.3. The molecule has 0 amide bonds. The van der Waals surface area contributed by atoms with Gasteiger partial charge in [-0.25, -0.2) is 17.6 Å². The van der Waals surface area contributed by atoms with E-state index in [9.17, 15) is 54.2 Å². The predicted octanol–water partition coefficient (Wildman–Crippen LogP) is 18.6. The van der Waals surface area contributed by atoms with E-state index >= 15 is 0 Å². The van der Waals surface area contributed by atoms with Gasteiger partial charge in [0.2, 0.25) is 11.5 Å². The normalized spacial score (nSPS) is 11.2. The van der Waals surface area contributed by atoms with Crippen LogP contribution in [0.1, 0.15) is 48.0 Å². The number of rotatable bonds is 14. The Bertz CT molecular complexity index is 5100. The van der Waals surface area contributed by atoms with Crippen molar-refractivity contribution in [3.63, 3.8) is 0 Å². The number of hydrogen-bond donors (Lipinski definition) is 2. The van der Waals surface area contributed by atoms with Crippen LogP contribution in [-0.2, 0) is 90.0 Å². The van der Waals surface area contributed by atoms with E-state index in [-0.39, 0.29) is 110 Å². The number of hydrogen-bond acceptors (Lipinski definition) is 16. The summed E-state index contributed by atoms with van der Waals surface area (Å²) in [4.78, 5) is 70.0. The van der Waals surface area contributed by atoms with E-state index in [1.807, 2.05) is 119 Å². The van der Waals surface area contributed by atoms with Crippen molar-refractivity contribution in [2.75, 3.05) is 0 Å². The fraction of sp³-hybridized carbons (Fsp3) is 0.236. The Morgan fingerprint density at radius 2 is 0.798 bits per heavy atom. The second-order valence-electron chi connectivity index (χ2n) is 30.9. The third-order valence-corrected chi connectivity index (χ3v) is 24.7. The fourth-order valence-electron chi connectivity index (χ4n) is 9.94. The first kappa shape index (κ1) is 110. The summed E-state index contributed by atoms with van der Waals surface area (Å²) in [7, 11) is -5.38. The van der Waals surface area contributed by atoms with Crippen LogP contribution in [0.3, 0.4) is 0 Å². The van der Waals surface area contributed by atoms with Gasteiger partial charge in [0.25, 0.3) is 0 Å². The molecule has 0 aliphatic rings. The molecule has 12 aromatic heterocycles. The van der Waals surface area contributed by atoms with Crippen LogP contribution in [0, 0.1) is 82.7 Å². The Kier molecular flexibility index (Phi) is 45.0. The van der Waals surface area contributed by atoms with Crippen LogP contribution in [0.5, 0.6) is 0 Å². The molecular weight excluding hydrogens is 2380 g/mol. The Hall–Kier alpha value is -9.61. The number of carbonyl (C=O) groups excluding carboxylic acids is 2. The number of aromatic nitrogens is 14. The average Bonchev–Trinajstić information content (AvgIpc) is 0.863. The van der Waals surface area contributed by atoms with E-state index in [4.69, 9.17) is 5.11 Å². The number of aliphatic hydroxyl groups is 2. The second-order valence-corrected chi connectivity index (χ2v) is 51.2. The maximum atomic E-state index is 13.5. The summed E-state index contributed by atoms with van der Waals surface area (Å²) in [6.07, 6.45) is 8.24. The molecule has 18 nitrogen and oxygen atoms in total. The van der Waals surface area contributed by atoms with Crippen LogP contribution < -0.4 is 30.8 Å². The largest absolute Gasteiger partial charge is 0.662 e. The van der Waals surface area contributed by atoms with Gasteiger partial charge in [0.15, 0.2) is 5.78 Å². The number of carbonyl (C=O) groups is 2. The number of allylic oxidation sites excluding steroid dienone is 3. The molecule has 0 unspecified atom stereocenters. The number of aliphatic hydroxyl groups excluding tert-OH is 2. The van der Waals surface area contributed by atoms with Crippen molar-refractivity contribution >= 4 is 70.4 Å². The number of nitrogens with zero attached hydrogens (tertiary/aromatic N) is 14. The van der Waals surface area contributed by atoms with Crippen molar-refractivity contribution in [3.8, 4) is 67.9 Å². The smallest absolute Gasteiger partial charge is 0.448 e. The van der Waals surface area contributed by atoms with E-state index in [1.54, 1.807) is 74.3 Å². The number of pyridine rings is 10. The molecule has 0 atom stereocenters. The Morgan fingerprint density at radius 3 is 1.09 bits per heavy atom. The van der Waals surface area contributed by atoms with Crippen molar-refractivity contribution in [1.82, 2.24) is 70.0 Å². The zero-order valence-electron chi connectivity index (χ0n) is 71.3. The van der Waals surface area contributed by atoms with Gasteiger partial charge in [-0.3, -0.25) is 34.6 Å². The third kappa shape index (κ3) is 36.9. The molecule has 0 saturated carbocycles. The molecule has 13 rings (SSSR count). The monoisotopic (exact) mass is 2480 g/mol. The minimum Gasteiger partial charge on any atom is -0.662 e. The van der Waals surface area contributed by atoms with Gasteiger partial charge < -0.3 is 55.2 Å². The minimum atomic E-state index is -5.18. The molecule has 0 saturated heterocycles. The Labute approximate surface area is 775 Å². The first-order chi connectivity index (χ1) is 56.1. The van der Waals surface area contributed by atoms with Crippen LogP contribution in [0.4, 0.5) is 39.5 Å². The quantitative estimate of drug-likeness (QED) is 0.0256. The van der Waals surface area contributed by atoms with Gasteiger partial charge in [-0.1, -0.05) is 233 Å². The molecule has 0 aliphatic heterocycles. The fourth-order valence-corrected chi connectivity index (χ4v) is 14.1. The molecule has 12 heterocycles. The minimum absolute atomic E-state index is 0. The molecule has 0 aliphatic carbocycles. The maximum Gasteiger partial charge on any atom is 0.448 e. The summed E-state index contributed by atoms with van der Waals surface area (Å²) < 4.78 is 111. The second kappa shape index (κ2) is 50.5. The Balaban J connectivity index is 0.000000481. The van der Waals surface area contributed by atoms with Gasteiger partial charge >= 0.3 is 12.1 Å². The number of ketones is 2. The van der Waals surface area contributed by atoms with Gasteiger partial charge in [0, 0.05) is 154 Å². The number of aryl methyl sites for hydroxylation is 5. The number of benzene rings is 1. The molecule has 664 valence electrons. The van der Waals surface area contributed by atoms with Crippen molar-refractivity contribution < 1.29 is 140 Å². The van der Waals surface area contributed by atoms with Gasteiger partial charge in [0.05, 0.1) is 38.0 Å². The van der Waals surface area contributed by atoms with Crippen LogP contribution in [0.15, 0.2) is 213 Å². The van der Waals surface area contributed by atoms with Crippen LogP contribution in [0.25, 0.3) is 73.7 Å². The van der Waals surface area contributed by atoms with E-state index in [2.05, 4.69) is 197 Å². The molecule has 13 aromatic rings. The SMILES string of the molecule is CC(=O)C=C(O)c1ccccc1.CC(F)(F)C(=O)C=C(O)C(F)(F)F.C[Si](C)(C)c1ccc(-c2[c-]cc(F)nc2F)nc1.C[Si](C)(C)c1ccc(-c2[c-]cc(F)nc2F)nc1.Cc1c[c-]c(-c2ccc([Si](C)(C)C)cn2)c(C)n1.Cc1c[c-]c(-c2ccc([Si](C)(C)C)cn2)c(C)n1.Cc1n[n-]c(-c2ccccn2)n1.[Ir].[Ir].[Ir].[Ir].c1ccc(-c2ccc[n-]2)nc1. The standard InChI is InChI=1S/2C15H19N2Si.2C13H13F2N2Si.C10H10O2.C9H7N2.C8H7N4.C6H5F5O2.4Ir/c2*1-11-6-8-14(12(2)17-11)15-9-7-13(10-16-15)18(3,4)5;2*1-18(2,3)9-4-6-11(16-8-9)10-5-7-12(14)17-13(10)15;1-8(11)7-10(12)9-5-3-2-4-6-9;1-2-6-10-8(4-1)9-5-3-7-11-9;1-6-10-8(12-11-6)7-4-2-3-5-9-7;1-5(7,8)3(12)2-4(13)6(9,10)11;;;;/h2*6-7,9-10H,1-5H3;2*4,6-8H,1-3H3;2-7,12H,1H3;1-7H;2-5H,1H3;2,13H,1H3;;;;/q4*-1;;2*-1;;;;;. The zero-order valence-corrected chi connectivity index (χ0v) is 84.9. The van der Waals surface area contributed by atoms with Crippen LogP contribution in [0.2, 0.25) is 78.6 Å². The van der Waals surface area contributed by atoms with Gasteiger partial charge in [-0.2, -0.15) is 28.1 Å². The van der Waals surface area contributed by atoms with Crippen molar-refractivity contribution in [2.45, 2.75) is 139 Å². The molecule has 0 fully saturated rings. The molecule has 2 N–H and O–H groups in total. The van der Waals surface area contributed by atoms with Gasteiger partial charge in [-0.05, 0) is 110 Å². The predicted molar refractivity (Wildman–Crippen MR) is 462 cm³/mol. The van der Waals surface area contributed by atoms with Gasteiger partial charge in [-0.15, -0.1) is 53.2 Å². The van der Waals surface area contributed by atoms with Crippen LogP contribution in [-0.4, -0.2) is 126 Å². The molecule has 0 bridgehead atoms. The molecule has 0 spiro atoms. The molecule has 1 aromatic carbocycles. The number of alkyl halides is 5. The van der Waals surface area contributed by atoms with Crippen LogP contribution >= 0.6 is 0 Å². The maximum absolute atomic E-state index is 13.5. The summed E-state index contributed by atoms with van der Waals surface area (Å²) in [6.45, 7) is 38.5. The Morgan fingerprint density at radius 1 is 0.427 bits per heavy atom. The van der Waals surface area contributed by atoms with Gasteiger partial charge in [0.1, 0.15) is 29.5 Å². The summed E-state index contributed by atoms with van der Waals surface area (Å²) in [6, 6.07) is 57.5. The molecule has 35 heteroatoms. The summed E-state index contributed by atoms with van der Waals surface area (Å²) in [5.74, 6) is -10.7. The molecule has 4 radical (unpaired) electrons. The van der Waals surface area contributed by atoms with E-state index in [0.717, 1.165) is 74.5 Å². The molecule has 124 heavy (non-hydrogen) atoms. The van der Waals surface area contributed by atoms with Crippen molar-refractivity contribution in [1.29, 1.82) is 0 Å². The molecular formula is C89H93F9Ir4N14O4Si4-6. The van der Waals surface area contributed by atoms with E-state index in [0.29, 0.717) is 28.6 Å². The number of halogens is 9. The average molecular weight is 2480 g/mol. The summed E-state index contributed by atoms with van der Waals surface area (Å²) >= 11 is 0. The topological polar surface area (TPSA) is 257 Å². The van der Waals surface area contributed by atoms with E-state index < -0.39 is 85.8 Å². The van der Waals surface area contributed by atoms with E-state index in [1.165, 1.54) is 33.7 Å². The van der Waals surface area contributed by atoms with Crippen molar-refractivity contribution in [2.24, 2.45) is 0 Å². The van der Waals surface area contributed by atoms with Crippen molar-refractivity contribution in [3.05, 3.63) is 295 Å². The third-order valence-electron chi connectivity index (χ3n) is 16.6. The zero-order chi connectivity index (χ0) is 89.1. The summed E-state index contributed by atoms with van der Waals surface area (Å²) in [5, 5.41) is 30.2.